The van der Waals surface area contributed by atoms with Crippen molar-refractivity contribution in [3.63, 3.8) is 0 Å². The van der Waals surface area contributed by atoms with E-state index in [4.69, 9.17) is 0 Å². The molecule has 0 fully saturated rings. The van der Waals surface area contributed by atoms with Gasteiger partial charge in [-0.1, -0.05) is 18.7 Å². The topological polar surface area (TPSA) is 46.6 Å². The van der Waals surface area contributed by atoms with Gasteiger partial charge in [0, 0.05) is 19.5 Å². The summed E-state index contributed by atoms with van der Waals surface area (Å²) in [6, 6.07) is 5.10. The SMILES string of the molecule is C=Cc1c(C(=O)OC)cccc1N(C)C(C)=O. The molecule has 90 valence electrons. The fourth-order valence-corrected chi connectivity index (χ4v) is 1.52. The van der Waals surface area contributed by atoms with E-state index in [1.165, 1.54) is 18.9 Å². The summed E-state index contributed by atoms with van der Waals surface area (Å²) in [6.07, 6.45) is 1.54. The van der Waals surface area contributed by atoms with Crippen LogP contribution in [0.5, 0.6) is 0 Å². The van der Waals surface area contributed by atoms with Gasteiger partial charge in [-0.3, -0.25) is 4.79 Å². The predicted molar refractivity (Wildman–Crippen MR) is 67.0 cm³/mol. The summed E-state index contributed by atoms with van der Waals surface area (Å²) in [5.74, 6) is -0.561. The van der Waals surface area contributed by atoms with E-state index in [1.54, 1.807) is 31.3 Å². The van der Waals surface area contributed by atoms with E-state index in [-0.39, 0.29) is 5.91 Å². The van der Waals surface area contributed by atoms with Gasteiger partial charge in [0.05, 0.1) is 18.4 Å². The first-order valence-corrected chi connectivity index (χ1v) is 5.11. The highest BCUT2D eigenvalue weighted by atomic mass is 16.5. The number of hydrogen-bond donors (Lipinski definition) is 0. The number of carbonyl (C=O) groups excluding carboxylic acids is 2. The van der Waals surface area contributed by atoms with Gasteiger partial charge in [-0.15, -0.1) is 0 Å². The van der Waals surface area contributed by atoms with Crippen LogP contribution in [0.3, 0.4) is 0 Å². The molecule has 0 bridgehead atoms. The molecule has 0 N–H and O–H groups in total. The van der Waals surface area contributed by atoms with Crippen LogP contribution in [0.2, 0.25) is 0 Å². The molecule has 0 heterocycles. The number of carbonyl (C=O) groups is 2. The molecule has 0 aliphatic heterocycles. The normalized spacial score (nSPS) is 9.59. The van der Waals surface area contributed by atoms with Crippen LogP contribution in [0.25, 0.3) is 6.08 Å². The number of amides is 1. The minimum Gasteiger partial charge on any atom is -0.465 e. The van der Waals surface area contributed by atoms with Gasteiger partial charge in [0.1, 0.15) is 0 Å². The van der Waals surface area contributed by atoms with Crippen molar-refractivity contribution in [2.75, 3.05) is 19.1 Å². The van der Waals surface area contributed by atoms with Crippen LogP contribution >= 0.6 is 0 Å². The minimum atomic E-state index is -0.446. The van der Waals surface area contributed by atoms with E-state index < -0.39 is 5.97 Å². The molecule has 1 rings (SSSR count). The Morgan fingerprint density at radius 1 is 1.41 bits per heavy atom. The van der Waals surface area contributed by atoms with E-state index in [1.807, 2.05) is 0 Å². The predicted octanol–water partition coefficient (Wildman–Crippen LogP) is 2.10. The maximum absolute atomic E-state index is 11.6. The molecule has 0 unspecified atom stereocenters. The van der Waals surface area contributed by atoms with Gasteiger partial charge in [-0.25, -0.2) is 4.79 Å². The molecule has 1 aromatic rings. The number of ether oxygens (including phenoxy) is 1. The molecule has 0 saturated heterocycles. The summed E-state index contributed by atoms with van der Waals surface area (Å²) < 4.78 is 4.68. The summed E-state index contributed by atoms with van der Waals surface area (Å²) in [5.41, 5.74) is 1.63. The molecule has 0 aromatic heterocycles. The van der Waals surface area contributed by atoms with Crippen molar-refractivity contribution in [2.45, 2.75) is 6.92 Å². The fraction of sp³-hybridized carbons (Fsp3) is 0.231. The number of rotatable bonds is 3. The smallest absolute Gasteiger partial charge is 0.338 e. The van der Waals surface area contributed by atoms with E-state index in [0.717, 1.165) is 0 Å². The van der Waals surface area contributed by atoms with E-state index in [2.05, 4.69) is 11.3 Å². The van der Waals surface area contributed by atoms with Gasteiger partial charge in [0.15, 0.2) is 0 Å². The number of benzene rings is 1. The third kappa shape index (κ3) is 2.53. The Kier molecular flexibility index (Phi) is 4.04. The van der Waals surface area contributed by atoms with Crippen LogP contribution in [0.15, 0.2) is 24.8 Å². The Hall–Kier alpha value is -2.10. The lowest BCUT2D eigenvalue weighted by molar-refractivity contribution is -0.116. The summed E-state index contributed by atoms with van der Waals surface area (Å²) in [7, 11) is 2.96. The summed E-state index contributed by atoms with van der Waals surface area (Å²) >= 11 is 0. The maximum atomic E-state index is 11.6. The van der Waals surface area contributed by atoms with Crippen molar-refractivity contribution in [3.05, 3.63) is 35.9 Å². The highest BCUT2D eigenvalue weighted by molar-refractivity contribution is 6.00. The molecule has 0 aliphatic rings. The molecule has 4 heteroatoms. The second-order valence-corrected chi connectivity index (χ2v) is 3.51. The van der Waals surface area contributed by atoms with Crippen LogP contribution in [0.4, 0.5) is 5.69 Å². The number of nitrogens with zero attached hydrogens (tertiary/aromatic N) is 1. The second-order valence-electron chi connectivity index (χ2n) is 3.51. The lowest BCUT2D eigenvalue weighted by atomic mass is 10.0. The number of hydrogen-bond acceptors (Lipinski definition) is 3. The Balaban J connectivity index is 3.38. The summed E-state index contributed by atoms with van der Waals surface area (Å²) in [6.45, 7) is 5.12. The van der Waals surface area contributed by atoms with Crippen molar-refractivity contribution >= 4 is 23.6 Å². The van der Waals surface area contributed by atoms with Crippen LogP contribution in [0.1, 0.15) is 22.8 Å². The number of methoxy groups -OCH3 is 1. The minimum absolute atomic E-state index is 0.116. The van der Waals surface area contributed by atoms with Gasteiger partial charge in [-0.05, 0) is 12.1 Å². The van der Waals surface area contributed by atoms with Crippen LogP contribution in [-0.2, 0) is 9.53 Å². The highest BCUT2D eigenvalue weighted by Gasteiger charge is 2.16. The molecule has 0 saturated carbocycles. The van der Waals surface area contributed by atoms with E-state index >= 15 is 0 Å². The van der Waals surface area contributed by atoms with Gasteiger partial charge in [0.25, 0.3) is 0 Å². The van der Waals surface area contributed by atoms with Crippen molar-refractivity contribution in [1.29, 1.82) is 0 Å². The number of anilines is 1. The number of esters is 1. The highest BCUT2D eigenvalue weighted by Crippen LogP contribution is 2.25. The lowest BCUT2D eigenvalue weighted by Gasteiger charge is -2.19. The molecule has 1 amide bonds. The Morgan fingerprint density at radius 2 is 2.06 bits per heavy atom. The average molecular weight is 233 g/mol. The first kappa shape index (κ1) is 13.0. The zero-order valence-electron chi connectivity index (χ0n) is 10.2. The average Bonchev–Trinajstić information content (AvgIpc) is 2.35. The van der Waals surface area contributed by atoms with Crippen LogP contribution in [0, 0.1) is 0 Å². The zero-order valence-corrected chi connectivity index (χ0v) is 10.2. The molecule has 0 spiro atoms. The Morgan fingerprint density at radius 3 is 2.53 bits per heavy atom. The van der Waals surface area contributed by atoms with E-state index in [0.29, 0.717) is 16.8 Å². The molecule has 0 radical (unpaired) electrons. The Bertz CT molecular complexity index is 466. The molecular weight excluding hydrogens is 218 g/mol. The molecule has 17 heavy (non-hydrogen) atoms. The molecule has 1 aromatic carbocycles. The third-order valence-electron chi connectivity index (χ3n) is 2.53. The maximum Gasteiger partial charge on any atom is 0.338 e. The van der Waals surface area contributed by atoms with Gasteiger partial charge < -0.3 is 9.64 Å². The summed E-state index contributed by atoms with van der Waals surface area (Å²) in [5, 5.41) is 0. The third-order valence-corrected chi connectivity index (χ3v) is 2.53. The lowest BCUT2D eigenvalue weighted by Crippen LogP contribution is -2.24. The zero-order chi connectivity index (χ0) is 13.0. The first-order chi connectivity index (χ1) is 8.02. The van der Waals surface area contributed by atoms with E-state index in [9.17, 15) is 9.59 Å². The first-order valence-electron chi connectivity index (χ1n) is 5.11. The van der Waals surface area contributed by atoms with Crippen molar-refractivity contribution < 1.29 is 14.3 Å². The largest absolute Gasteiger partial charge is 0.465 e. The monoisotopic (exact) mass is 233 g/mol. The summed E-state index contributed by atoms with van der Waals surface area (Å²) in [4.78, 5) is 24.4. The van der Waals surface area contributed by atoms with Crippen molar-refractivity contribution in [1.82, 2.24) is 0 Å². The fourth-order valence-electron chi connectivity index (χ4n) is 1.52. The second kappa shape index (κ2) is 5.30. The van der Waals surface area contributed by atoms with Crippen molar-refractivity contribution in [2.24, 2.45) is 0 Å². The molecule has 0 atom stereocenters. The van der Waals surface area contributed by atoms with Gasteiger partial charge in [-0.2, -0.15) is 0 Å². The van der Waals surface area contributed by atoms with Crippen LogP contribution in [-0.4, -0.2) is 26.0 Å². The standard InChI is InChI=1S/C13H15NO3/c1-5-10-11(13(16)17-4)7-6-8-12(10)14(3)9(2)15/h5-8H,1H2,2-4H3. The molecule has 4 nitrogen and oxygen atoms in total. The van der Waals surface area contributed by atoms with Gasteiger partial charge >= 0.3 is 5.97 Å². The molecule has 0 aliphatic carbocycles. The quantitative estimate of drug-likeness (QED) is 0.751. The molecular formula is C13H15NO3. The van der Waals surface area contributed by atoms with Crippen LogP contribution < -0.4 is 4.90 Å². The van der Waals surface area contributed by atoms with Gasteiger partial charge in [0.2, 0.25) is 5.91 Å². The van der Waals surface area contributed by atoms with Crippen molar-refractivity contribution in [3.8, 4) is 0 Å². The Labute approximate surface area is 100 Å².